The fourth-order valence-corrected chi connectivity index (χ4v) is 3.45. The van der Waals surface area contributed by atoms with E-state index in [4.69, 9.17) is 0 Å². The minimum atomic E-state index is 0. The first-order valence-electron chi connectivity index (χ1n) is 9.77. The molecule has 1 amide bonds. The molecule has 0 radical (unpaired) electrons. The highest BCUT2D eigenvalue weighted by Gasteiger charge is 2.16. The Morgan fingerprint density at radius 1 is 1.20 bits per heavy atom. The molecular formula is C19H35IN4O. The van der Waals surface area contributed by atoms with Gasteiger partial charge < -0.3 is 16.0 Å². The number of carbonyl (C=O) groups excluding carboxylic acids is 1. The number of hydrogen-bond donors (Lipinski definition) is 3. The van der Waals surface area contributed by atoms with Crippen molar-refractivity contribution in [1.29, 1.82) is 0 Å². The lowest BCUT2D eigenvalue weighted by Gasteiger charge is -2.15. The second kappa shape index (κ2) is 13.4. The highest BCUT2D eigenvalue weighted by atomic mass is 127. The van der Waals surface area contributed by atoms with Gasteiger partial charge in [0.15, 0.2) is 5.96 Å². The number of nitrogens with one attached hydrogen (secondary N) is 3. The second-order valence-corrected chi connectivity index (χ2v) is 6.84. The van der Waals surface area contributed by atoms with Crippen molar-refractivity contribution in [2.45, 2.75) is 77.2 Å². The molecule has 1 saturated carbocycles. The number of amides is 1. The molecule has 25 heavy (non-hydrogen) atoms. The molecule has 1 fully saturated rings. The summed E-state index contributed by atoms with van der Waals surface area (Å²) in [5.41, 5.74) is 1.57. The minimum absolute atomic E-state index is 0. The Bertz CT molecular complexity index is 445. The summed E-state index contributed by atoms with van der Waals surface area (Å²) < 4.78 is 0. The third kappa shape index (κ3) is 9.47. The molecule has 0 atom stereocenters. The van der Waals surface area contributed by atoms with Crippen LogP contribution in [-0.2, 0) is 4.79 Å². The molecule has 6 heteroatoms. The first-order valence-corrected chi connectivity index (χ1v) is 9.77. The summed E-state index contributed by atoms with van der Waals surface area (Å²) in [6.07, 6.45) is 13.9. The summed E-state index contributed by atoms with van der Waals surface area (Å²) in [6, 6.07) is 0.400. The maximum Gasteiger partial charge on any atom is 0.222 e. The lowest BCUT2D eigenvalue weighted by molar-refractivity contribution is -0.121. The zero-order valence-corrected chi connectivity index (χ0v) is 17.9. The van der Waals surface area contributed by atoms with Crippen LogP contribution >= 0.6 is 24.0 Å². The van der Waals surface area contributed by atoms with Gasteiger partial charge >= 0.3 is 0 Å². The molecule has 0 heterocycles. The molecule has 0 unspecified atom stereocenters. The molecule has 0 bridgehead atoms. The summed E-state index contributed by atoms with van der Waals surface area (Å²) in [5, 5.41) is 9.75. The largest absolute Gasteiger partial charge is 0.357 e. The van der Waals surface area contributed by atoms with E-state index < -0.39 is 0 Å². The van der Waals surface area contributed by atoms with Crippen molar-refractivity contribution in [3.05, 3.63) is 11.6 Å². The van der Waals surface area contributed by atoms with Crippen LogP contribution in [0.1, 0.15) is 71.1 Å². The molecule has 0 aromatic heterocycles. The number of halogens is 1. The molecule has 0 aromatic carbocycles. The van der Waals surface area contributed by atoms with Crippen molar-refractivity contribution in [3.8, 4) is 0 Å². The summed E-state index contributed by atoms with van der Waals surface area (Å²) in [5.74, 6) is 0.955. The number of hydrogen-bond acceptors (Lipinski definition) is 2. The standard InChI is InChI=1S/C19H34N4O.HI/c1-2-20-19(21-14-12-16-8-4-3-5-9-16)22-15-13-18(24)23-17-10-6-7-11-17;/h8,17H,2-7,9-15H2,1H3,(H,23,24)(H2,20,21,22);1H. The van der Waals surface area contributed by atoms with Gasteiger partial charge in [-0.25, -0.2) is 0 Å². The molecule has 3 N–H and O–H groups in total. The Morgan fingerprint density at radius 3 is 2.68 bits per heavy atom. The van der Waals surface area contributed by atoms with E-state index in [-0.39, 0.29) is 29.9 Å². The Morgan fingerprint density at radius 2 is 2.00 bits per heavy atom. The number of rotatable bonds is 8. The van der Waals surface area contributed by atoms with Gasteiger partial charge in [0.2, 0.25) is 5.91 Å². The first kappa shape index (κ1) is 22.3. The van der Waals surface area contributed by atoms with Crippen LogP contribution in [0.4, 0.5) is 0 Å². The summed E-state index contributed by atoms with van der Waals surface area (Å²) in [6.45, 7) is 4.35. The molecule has 5 nitrogen and oxygen atoms in total. The molecule has 2 rings (SSSR count). The first-order chi connectivity index (χ1) is 11.8. The van der Waals surface area contributed by atoms with Gasteiger partial charge in [-0.2, -0.15) is 0 Å². The highest BCUT2D eigenvalue weighted by molar-refractivity contribution is 14.0. The van der Waals surface area contributed by atoms with Gasteiger partial charge in [0.05, 0.1) is 6.54 Å². The van der Waals surface area contributed by atoms with Gasteiger partial charge in [-0.15, -0.1) is 24.0 Å². The molecule has 144 valence electrons. The Labute approximate surface area is 169 Å². The van der Waals surface area contributed by atoms with Gasteiger partial charge in [0.25, 0.3) is 0 Å². The van der Waals surface area contributed by atoms with Crippen molar-refractivity contribution >= 4 is 35.8 Å². The van der Waals surface area contributed by atoms with Crippen LogP contribution < -0.4 is 16.0 Å². The monoisotopic (exact) mass is 462 g/mol. The summed E-state index contributed by atoms with van der Waals surface area (Å²) in [7, 11) is 0. The number of nitrogens with zero attached hydrogens (tertiary/aromatic N) is 1. The van der Waals surface area contributed by atoms with E-state index in [0.29, 0.717) is 19.0 Å². The van der Waals surface area contributed by atoms with Gasteiger partial charge in [-0.3, -0.25) is 9.79 Å². The van der Waals surface area contributed by atoms with E-state index in [2.05, 4.69) is 33.9 Å². The highest BCUT2D eigenvalue weighted by Crippen LogP contribution is 2.19. The number of allylic oxidation sites excluding steroid dienone is 1. The van der Waals surface area contributed by atoms with Crippen molar-refractivity contribution in [2.24, 2.45) is 4.99 Å². The van der Waals surface area contributed by atoms with Crippen LogP contribution in [0.3, 0.4) is 0 Å². The molecule has 0 aliphatic heterocycles. The lowest BCUT2D eigenvalue weighted by atomic mass is 9.97. The molecule has 2 aliphatic carbocycles. The Hall–Kier alpha value is -0.790. The molecule has 0 spiro atoms. The van der Waals surface area contributed by atoms with Crippen molar-refractivity contribution < 1.29 is 4.79 Å². The predicted molar refractivity (Wildman–Crippen MR) is 116 cm³/mol. The molecular weight excluding hydrogens is 427 g/mol. The fourth-order valence-electron chi connectivity index (χ4n) is 3.45. The van der Waals surface area contributed by atoms with Crippen molar-refractivity contribution in [3.63, 3.8) is 0 Å². The fraction of sp³-hybridized carbons (Fsp3) is 0.789. The van der Waals surface area contributed by atoms with Crippen LogP contribution in [0.5, 0.6) is 0 Å². The maximum absolute atomic E-state index is 11.9. The van der Waals surface area contributed by atoms with E-state index in [1.807, 2.05) is 0 Å². The van der Waals surface area contributed by atoms with Crippen molar-refractivity contribution in [2.75, 3.05) is 19.6 Å². The van der Waals surface area contributed by atoms with Gasteiger partial charge in [0.1, 0.15) is 0 Å². The maximum atomic E-state index is 11.9. The van der Waals surface area contributed by atoms with E-state index in [1.165, 1.54) is 38.5 Å². The van der Waals surface area contributed by atoms with Crippen LogP contribution in [0.25, 0.3) is 0 Å². The van der Waals surface area contributed by atoms with Crippen LogP contribution in [-0.4, -0.2) is 37.5 Å². The summed E-state index contributed by atoms with van der Waals surface area (Å²) >= 11 is 0. The Balaban J connectivity index is 0.00000312. The number of aliphatic imine (C=N–C) groups is 1. The quantitative estimate of drug-likeness (QED) is 0.224. The lowest BCUT2D eigenvalue weighted by Crippen LogP contribution is -2.38. The zero-order valence-electron chi connectivity index (χ0n) is 15.6. The number of carbonyl (C=O) groups is 1. The van der Waals surface area contributed by atoms with E-state index in [0.717, 1.165) is 38.3 Å². The van der Waals surface area contributed by atoms with E-state index >= 15 is 0 Å². The minimum Gasteiger partial charge on any atom is -0.357 e. The number of guanidine groups is 1. The Kier molecular flexibility index (Phi) is 11.9. The smallest absolute Gasteiger partial charge is 0.222 e. The predicted octanol–water partition coefficient (Wildman–Crippen LogP) is 3.50. The third-order valence-corrected chi connectivity index (χ3v) is 4.80. The van der Waals surface area contributed by atoms with Crippen molar-refractivity contribution in [1.82, 2.24) is 16.0 Å². The van der Waals surface area contributed by atoms with Gasteiger partial charge in [0, 0.05) is 25.6 Å². The average Bonchev–Trinajstić information content (AvgIpc) is 3.09. The van der Waals surface area contributed by atoms with Gasteiger partial charge in [-0.05, 0) is 51.9 Å². The van der Waals surface area contributed by atoms with E-state index in [1.54, 1.807) is 5.57 Å². The third-order valence-electron chi connectivity index (χ3n) is 4.80. The van der Waals surface area contributed by atoms with Gasteiger partial charge in [-0.1, -0.05) is 24.5 Å². The van der Waals surface area contributed by atoms with E-state index in [9.17, 15) is 4.79 Å². The molecule has 0 aromatic rings. The van der Waals surface area contributed by atoms with Crippen LogP contribution in [0.2, 0.25) is 0 Å². The summed E-state index contributed by atoms with van der Waals surface area (Å²) in [4.78, 5) is 16.5. The SMILES string of the molecule is CCNC(=NCCC(=O)NC1CCCC1)NCCC1=CCCCC1.I. The zero-order chi connectivity index (χ0) is 17.0. The topological polar surface area (TPSA) is 65.5 Å². The van der Waals surface area contributed by atoms with Crippen LogP contribution in [0.15, 0.2) is 16.6 Å². The normalized spacial score (nSPS) is 18.3. The molecule has 0 saturated heterocycles. The average molecular weight is 462 g/mol. The second-order valence-electron chi connectivity index (χ2n) is 6.84. The van der Waals surface area contributed by atoms with Crippen LogP contribution in [0, 0.1) is 0 Å². The molecule has 2 aliphatic rings.